The Balaban J connectivity index is 1.16. The summed E-state index contributed by atoms with van der Waals surface area (Å²) >= 11 is 6.27. The highest BCUT2D eigenvalue weighted by Gasteiger charge is 2.41. The number of likely N-dealkylation sites (tertiary alicyclic amines) is 1. The SMILES string of the molecule is CC(=O)N[C@H](Cc1ccc2ccccc2c1)C(=O)N[C@H](Cc1ccc(Cl)cc1)C(=O)N[C@H](Cc1cccnc1)C(=O)N[C@@H](CO)C(=O)N[C@@H](CCCCNC(=O)c1ccccn1)C(=O)N[C@H](CCCCNC(=O)CN(C)C(=O)c1ccccn1)C(=O)N[C@@H](CC(C)C)C(=O)N[C@@H](CCCCNC(C)C)C(=O)N1CCC[C@H]1C(=O)N[C@@H](C)C(N)=O. The van der Waals surface area contributed by atoms with Crippen LogP contribution in [0.25, 0.3) is 10.8 Å². The highest BCUT2D eigenvalue weighted by Crippen LogP contribution is 2.23. The standard InChI is InChI=1S/C85H113ClN18O15/c1-52(2)44-67(78(112)98-66(29-14-15-38-89-53(3)4)85(119)104-43-21-30-72(104)83(117)94-54(5)74(87)108)99-77(111)64(26-11-18-41-92-73(107)50-103(7)84(118)65-28-13-17-40-91-65)96-76(110)63(27-12-19-42-93-75(109)62-25-10-16-39-90-62)97-82(116)71(51-105)102-81(115)70(48-58-22-20-37-88-49-58)101-80(114)69(46-56-32-35-61(86)36-33-56)100-79(113)68(95-55(6)106)47-57-31-34-59-23-8-9-24-60(59)45-57/h8-10,13,16-17,20,22-25,28,31-37,39-40,45,49,52-54,63-64,66-72,89,105H,11-12,14-15,18-19,21,26-27,29-30,38,41-44,46-48,50-51H2,1-7H3,(H2,87,108)(H,92,107)(H,93,109)(H,94,117)(H,95,106)(H,96,110)(H,97,116)(H,98,112)(H,99,111)(H,100,113)(H,101,114)(H,102,115)/t54-,63-,64+,66-,67-,68+,69+,70+,71-,72-/m0/s1. The van der Waals surface area contributed by atoms with Crippen LogP contribution in [0, 0.1) is 5.92 Å². The molecule has 1 saturated heterocycles. The number of halogens is 1. The maximum atomic E-state index is 15.3. The summed E-state index contributed by atoms with van der Waals surface area (Å²) in [6.07, 6.45) is 7.56. The zero-order valence-electron chi connectivity index (χ0n) is 68.4. The molecule has 119 heavy (non-hydrogen) atoms. The van der Waals surface area contributed by atoms with Gasteiger partial charge >= 0.3 is 0 Å². The van der Waals surface area contributed by atoms with Crippen molar-refractivity contribution < 1.29 is 72.2 Å². The normalized spacial score (nSPS) is 14.7. The van der Waals surface area contributed by atoms with Crippen LogP contribution >= 0.6 is 11.6 Å². The lowest BCUT2D eigenvalue weighted by atomic mass is 9.99. The van der Waals surface area contributed by atoms with Crippen molar-refractivity contribution in [3.63, 3.8) is 0 Å². The number of unbranched alkanes of at least 4 members (excludes halogenated alkanes) is 3. The molecule has 10 atom stereocenters. The Hall–Kier alpha value is -11.8. The Kier molecular flexibility index (Phi) is 38.6. The van der Waals surface area contributed by atoms with E-state index >= 15 is 9.59 Å². The predicted octanol–water partition coefficient (Wildman–Crippen LogP) is 2.45. The Morgan fingerprint density at radius 2 is 1.03 bits per heavy atom. The van der Waals surface area contributed by atoms with E-state index in [0.717, 1.165) is 10.8 Å². The van der Waals surface area contributed by atoms with Crippen molar-refractivity contribution in [2.75, 3.05) is 46.4 Å². The highest BCUT2D eigenvalue weighted by atomic mass is 35.5. The van der Waals surface area contributed by atoms with Crippen molar-refractivity contribution in [1.29, 1.82) is 0 Å². The molecule has 3 aromatic carbocycles. The van der Waals surface area contributed by atoms with Crippen molar-refractivity contribution in [2.45, 2.75) is 204 Å². The molecule has 1 fully saturated rings. The van der Waals surface area contributed by atoms with Gasteiger partial charge in [0.15, 0.2) is 0 Å². The number of benzene rings is 3. The van der Waals surface area contributed by atoms with Crippen molar-refractivity contribution in [3.05, 3.63) is 173 Å². The van der Waals surface area contributed by atoms with Gasteiger partial charge < -0.3 is 84.4 Å². The fourth-order valence-electron chi connectivity index (χ4n) is 13.4. The molecule has 0 aliphatic carbocycles. The van der Waals surface area contributed by atoms with Crippen LogP contribution in [0.1, 0.15) is 156 Å². The van der Waals surface area contributed by atoms with E-state index in [2.05, 4.69) is 78.8 Å². The molecular formula is C85H113ClN18O15. The van der Waals surface area contributed by atoms with Gasteiger partial charge in [-0.05, 0) is 166 Å². The summed E-state index contributed by atoms with van der Waals surface area (Å²) < 4.78 is 0. The van der Waals surface area contributed by atoms with Gasteiger partial charge in [-0.15, -0.1) is 0 Å². The van der Waals surface area contributed by atoms with Gasteiger partial charge in [0.1, 0.15) is 71.8 Å². The van der Waals surface area contributed by atoms with Gasteiger partial charge in [0.25, 0.3) is 11.8 Å². The summed E-state index contributed by atoms with van der Waals surface area (Å²) in [5.74, 6) is -10.6. The number of nitrogens with zero attached hydrogens (tertiary/aromatic N) is 5. The Labute approximate surface area is 698 Å². The van der Waals surface area contributed by atoms with Crippen LogP contribution in [0.4, 0.5) is 0 Å². The molecule has 0 spiro atoms. The number of aliphatic hydroxyl groups is 1. The Morgan fingerprint density at radius 1 is 0.521 bits per heavy atom. The number of hydrogen-bond acceptors (Lipinski definition) is 19. The smallest absolute Gasteiger partial charge is 0.272 e. The largest absolute Gasteiger partial charge is 0.394 e. The van der Waals surface area contributed by atoms with E-state index < -0.39 is 150 Å². The molecule has 1 aliphatic heterocycles. The second kappa shape index (κ2) is 48.8. The third kappa shape index (κ3) is 31.9. The summed E-state index contributed by atoms with van der Waals surface area (Å²) in [6.45, 7) is 9.66. The van der Waals surface area contributed by atoms with Crippen molar-refractivity contribution in [3.8, 4) is 0 Å². The summed E-state index contributed by atoms with van der Waals surface area (Å²) in [5, 5.41) is 46.6. The van der Waals surface area contributed by atoms with Crippen LogP contribution in [0.3, 0.4) is 0 Å². The predicted molar refractivity (Wildman–Crippen MR) is 445 cm³/mol. The van der Waals surface area contributed by atoms with Gasteiger partial charge in [-0.3, -0.25) is 82.1 Å². The number of nitrogens with two attached hydrogens (primary N) is 1. The first kappa shape index (κ1) is 94.3. The Bertz CT molecular complexity index is 4400. The van der Waals surface area contributed by atoms with E-state index in [4.69, 9.17) is 17.3 Å². The number of aliphatic hydroxyl groups excluding tert-OH is 1. The van der Waals surface area contributed by atoms with Crippen molar-refractivity contribution >= 4 is 105 Å². The summed E-state index contributed by atoms with van der Waals surface area (Å²) in [7, 11) is 1.44. The number of carbonyl (C=O) groups excluding carboxylic acids is 14. The number of amides is 14. The zero-order valence-corrected chi connectivity index (χ0v) is 69.2. The number of aromatic nitrogens is 3. The molecule has 0 radical (unpaired) electrons. The molecule has 4 heterocycles. The lowest BCUT2D eigenvalue weighted by molar-refractivity contribution is -0.142. The molecule has 7 rings (SSSR count). The van der Waals surface area contributed by atoms with Crippen molar-refractivity contribution in [1.82, 2.24) is 88.6 Å². The molecule has 34 heteroatoms. The monoisotopic (exact) mass is 1660 g/mol. The number of nitrogens with one attached hydrogen (secondary N) is 12. The second-order valence-corrected chi connectivity index (χ2v) is 30.8. The van der Waals surface area contributed by atoms with Gasteiger partial charge in [0.2, 0.25) is 70.9 Å². The topological polar surface area (TPSA) is 475 Å². The van der Waals surface area contributed by atoms with E-state index in [1.54, 1.807) is 74.5 Å². The first-order valence-corrected chi connectivity index (χ1v) is 40.7. The zero-order chi connectivity index (χ0) is 86.5. The summed E-state index contributed by atoms with van der Waals surface area (Å²) in [5.41, 5.74) is 7.39. The molecule has 3 aromatic heterocycles. The second-order valence-electron chi connectivity index (χ2n) is 30.4. The van der Waals surface area contributed by atoms with Gasteiger partial charge in [0.05, 0.1) is 13.2 Å². The molecule has 0 unspecified atom stereocenters. The molecule has 14 amide bonds. The minimum atomic E-state index is -1.86. The van der Waals surface area contributed by atoms with E-state index in [1.807, 2.05) is 56.3 Å². The van der Waals surface area contributed by atoms with E-state index in [1.165, 1.54) is 67.6 Å². The fourth-order valence-corrected chi connectivity index (χ4v) is 13.5. The van der Waals surface area contributed by atoms with Crippen LogP contribution in [-0.4, -0.2) is 225 Å². The van der Waals surface area contributed by atoms with Gasteiger partial charge in [-0.2, -0.15) is 0 Å². The molecule has 15 N–H and O–H groups in total. The number of pyridine rings is 3. The molecule has 33 nitrogen and oxygen atoms in total. The van der Waals surface area contributed by atoms with Crippen LogP contribution in [0.5, 0.6) is 0 Å². The molecule has 640 valence electrons. The fraction of sp³-hybridized carbons (Fsp3) is 0.471. The number of likely N-dealkylation sites (N-methyl/N-ethyl adjacent to an activating group) is 1. The Morgan fingerprint density at radius 3 is 1.60 bits per heavy atom. The average Bonchev–Trinajstić information content (AvgIpc) is 1.77. The minimum absolute atomic E-state index is 0.00531. The molecule has 0 bridgehead atoms. The number of fused-ring (bicyclic) bond motifs is 1. The average molecular weight is 1660 g/mol. The van der Waals surface area contributed by atoms with E-state index in [9.17, 15) is 62.6 Å². The lowest BCUT2D eigenvalue weighted by Gasteiger charge is -2.31. The van der Waals surface area contributed by atoms with E-state index in [-0.39, 0.29) is 127 Å². The molecule has 0 saturated carbocycles. The lowest BCUT2D eigenvalue weighted by Crippen LogP contribution is -2.61. The van der Waals surface area contributed by atoms with Gasteiger partial charge in [-0.1, -0.05) is 112 Å². The van der Waals surface area contributed by atoms with Crippen LogP contribution in [0.2, 0.25) is 5.02 Å². The molecule has 6 aromatic rings. The van der Waals surface area contributed by atoms with Crippen LogP contribution < -0.4 is 69.5 Å². The molecule has 1 aliphatic rings. The number of primary amides is 1. The third-order valence-corrected chi connectivity index (χ3v) is 20.1. The van der Waals surface area contributed by atoms with Crippen LogP contribution in [0.15, 0.2) is 140 Å². The maximum absolute atomic E-state index is 15.3. The number of rotatable bonds is 48. The minimum Gasteiger partial charge on any atom is -0.394 e. The van der Waals surface area contributed by atoms with E-state index in [0.29, 0.717) is 47.5 Å². The first-order valence-electron chi connectivity index (χ1n) is 40.3. The summed E-state index contributed by atoms with van der Waals surface area (Å²) in [4.78, 5) is 212. The molecular weight excluding hydrogens is 1550 g/mol. The van der Waals surface area contributed by atoms with Gasteiger partial charge in [0, 0.05) is 88.7 Å². The number of carbonyl (C=O) groups is 14. The highest BCUT2D eigenvalue weighted by molar-refractivity contribution is 6.30. The first-order chi connectivity index (χ1) is 57.0. The summed E-state index contributed by atoms with van der Waals surface area (Å²) in [6, 6.07) is 18.9. The van der Waals surface area contributed by atoms with Gasteiger partial charge in [-0.25, -0.2) is 0 Å². The quantitative estimate of drug-likeness (QED) is 0.0244. The van der Waals surface area contributed by atoms with Crippen molar-refractivity contribution in [2.24, 2.45) is 11.7 Å². The number of hydrogen-bond donors (Lipinski definition) is 14. The maximum Gasteiger partial charge on any atom is 0.272 e. The van der Waals surface area contributed by atoms with Crippen LogP contribution in [-0.2, 0) is 76.8 Å². The third-order valence-electron chi connectivity index (χ3n) is 19.8.